The monoisotopic (exact) mass is 334 g/mol. The molecule has 1 aromatic carbocycles. The number of fused-ring (bicyclic) bond motifs is 2. The van der Waals surface area contributed by atoms with Crippen molar-refractivity contribution in [1.82, 2.24) is 10.6 Å². The van der Waals surface area contributed by atoms with Crippen LogP contribution in [0.1, 0.15) is 16.1 Å². The number of hydrogen-bond donors (Lipinski definition) is 2. The molecule has 2 aliphatic rings. The first-order chi connectivity index (χ1) is 9.65. The molecule has 104 valence electrons. The van der Waals surface area contributed by atoms with Crippen molar-refractivity contribution in [3.8, 4) is 0 Å². The summed E-state index contributed by atoms with van der Waals surface area (Å²) in [6.07, 6.45) is 0. The molecule has 2 fully saturated rings. The van der Waals surface area contributed by atoms with Gasteiger partial charge >= 0.3 is 0 Å². The van der Waals surface area contributed by atoms with Gasteiger partial charge in [-0.3, -0.25) is 4.79 Å². The van der Waals surface area contributed by atoms with E-state index in [0.717, 1.165) is 34.1 Å². The molecule has 1 saturated carbocycles. The van der Waals surface area contributed by atoms with Crippen molar-refractivity contribution in [3.05, 3.63) is 34.0 Å². The molecule has 1 aliphatic carbocycles. The Morgan fingerprint density at radius 3 is 2.90 bits per heavy atom. The number of amides is 1. The highest BCUT2D eigenvalue weighted by molar-refractivity contribution is 9.10. The largest absolute Gasteiger partial charge is 0.451 e. The lowest BCUT2D eigenvalue weighted by atomic mass is 10.1. The third-order valence-electron chi connectivity index (χ3n) is 4.49. The van der Waals surface area contributed by atoms with Gasteiger partial charge in [0.05, 0.1) is 0 Å². The summed E-state index contributed by atoms with van der Waals surface area (Å²) in [6.45, 7) is 3.96. The summed E-state index contributed by atoms with van der Waals surface area (Å²) in [4.78, 5) is 12.4. The summed E-state index contributed by atoms with van der Waals surface area (Å²) in [5, 5.41) is 7.42. The molecule has 4 rings (SSSR count). The van der Waals surface area contributed by atoms with Gasteiger partial charge in [0.1, 0.15) is 5.58 Å². The number of piperidine rings is 1. The van der Waals surface area contributed by atoms with Gasteiger partial charge in [-0.05, 0) is 37.0 Å². The van der Waals surface area contributed by atoms with Crippen LogP contribution < -0.4 is 10.6 Å². The van der Waals surface area contributed by atoms with E-state index >= 15 is 0 Å². The van der Waals surface area contributed by atoms with Crippen molar-refractivity contribution >= 4 is 32.8 Å². The van der Waals surface area contributed by atoms with Gasteiger partial charge in [0.2, 0.25) is 0 Å². The standard InChI is InChI=1S/C15H15BrN2O2/c1-7-9-4-8(16)2-3-12(9)20-14(7)15(19)18-13-10-5-17-6-11(10)13/h2-4,10-11,13,17H,5-6H2,1H3,(H,18,19)/t10-,11+,13?. The minimum absolute atomic E-state index is 0.0887. The van der Waals surface area contributed by atoms with Crippen molar-refractivity contribution in [1.29, 1.82) is 0 Å². The molecule has 1 aromatic heterocycles. The molecule has 2 aromatic rings. The van der Waals surface area contributed by atoms with Crippen LogP contribution in [0, 0.1) is 18.8 Å². The maximum absolute atomic E-state index is 12.4. The first kappa shape index (κ1) is 12.4. The maximum atomic E-state index is 12.4. The predicted molar refractivity (Wildman–Crippen MR) is 79.8 cm³/mol. The summed E-state index contributed by atoms with van der Waals surface area (Å²) >= 11 is 3.45. The van der Waals surface area contributed by atoms with E-state index in [9.17, 15) is 4.79 Å². The van der Waals surface area contributed by atoms with E-state index in [4.69, 9.17) is 4.42 Å². The van der Waals surface area contributed by atoms with Crippen LogP contribution in [0.3, 0.4) is 0 Å². The molecule has 2 N–H and O–H groups in total. The van der Waals surface area contributed by atoms with E-state index in [0.29, 0.717) is 23.6 Å². The summed E-state index contributed by atoms with van der Waals surface area (Å²) in [6, 6.07) is 6.12. The molecular formula is C15H15BrN2O2. The Morgan fingerprint density at radius 2 is 2.15 bits per heavy atom. The third-order valence-corrected chi connectivity index (χ3v) is 4.99. The van der Waals surface area contributed by atoms with Crippen molar-refractivity contribution in [2.75, 3.05) is 13.1 Å². The van der Waals surface area contributed by atoms with E-state index in [2.05, 4.69) is 26.6 Å². The average Bonchev–Trinajstić information content (AvgIpc) is 2.80. The molecule has 1 unspecified atom stereocenters. The predicted octanol–water partition coefficient (Wildman–Crippen LogP) is 2.45. The lowest BCUT2D eigenvalue weighted by molar-refractivity contribution is 0.0920. The number of halogens is 1. The zero-order valence-corrected chi connectivity index (χ0v) is 12.7. The van der Waals surface area contributed by atoms with E-state index in [-0.39, 0.29) is 5.91 Å². The third kappa shape index (κ3) is 1.80. The van der Waals surface area contributed by atoms with Gasteiger partial charge in [0, 0.05) is 34.6 Å². The molecule has 0 radical (unpaired) electrons. The van der Waals surface area contributed by atoms with Crippen LogP contribution in [-0.4, -0.2) is 25.0 Å². The molecule has 0 spiro atoms. The zero-order valence-electron chi connectivity index (χ0n) is 11.1. The molecule has 3 atom stereocenters. The van der Waals surface area contributed by atoms with Gasteiger partial charge in [0.25, 0.3) is 5.91 Å². The zero-order chi connectivity index (χ0) is 13.9. The molecule has 4 nitrogen and oxygen atoms in total. The van der Waals surface area contributed by atoms with Crippen LogP contribution in [0.5, 0.6) is 0 Å². The van der Waals surface area contributed by atoms with Crippen LogP contribution >= 0.6 is 15.9 Å². The maximum Gasteiger partial charge on any atom is 0.287 e. The van der Waals surface area contributed by atoms with Crippen molar-refractivity contribution in [2.24, 2.45) is 11.8 Å². The summed E-state index contributed by atoms with van der Waals surface area (Å²) in [5.74, 6) is 1.57. The fraction of sp³-hybridized carbons (Fsp3) is 0.400. The number of nitrogens with one attached hydrogen (secondary N) is 2. The molecular weight excluding hydrogens is 320 g/mol. The highest BCUT2D eigenvalue weighted by Gasteiger charge is 2.53. The highest BCUT2D eigenvalue weighted by Crippen LogP contribution is 2.42. The van der Waals surface area contributed by atoms with Crippen LogP contribution in [-0.2, 0) is 0 Å². The number of carbonyl (C=O) groups is 1. The first-order valence-corrected chi connectivity index (χ1v) is 7.64. The van der Waals surface area contributed by atoms with Gasteiger partial charge in [-0.2, -0.15) is 0 Å². The van der Waals surface area contributed by atoms with Gasteiger partial charge in [-0.25, -0.2) is 0 Å². The Balaban J connectivity index is 1.61. The summed E-state index contributed by atoms with van der Waals surface area (Å²) in [5.41, 5.74) is 1.66. The number of hydrogen-bond acceptors (Lipinski definition) is 3. The Kier molecular flexibility index (Phi) is 2.69. The number of rotatable bonds is 2. The first-order valence-electron chi connectivity index (χ1n) is 6.85. The second-order valence-electron chi connectivity index (χ2n) is 5.68. The normalized spacial score (nSPS) is 27.6. The van der Waals surface area contributed by atoms with E-state index in [1.807, 2.05) is 25.1 Å². The highest BCUT2D eigenvalue weighted by atomic mass is 79.9. The van der Waals surface area contributed by atoms with Gasteiger partial charge in [-0.1, -0.05) is 15.9 Å². The Morgan fingerprint density at radius 1 is 1.40 bits per heavy atom. The molecule has 1 saturated heterocycles. The fourth-order valence-electron chi connectivity index (χ4n) is 3.26. The van der Waals surface area contributed by atoms with Crippen molar-refractivity contribution in [3.63, 3.8) is 0 Å². The van der Waals surface area contributed by atoms with Gasteiger partial charge < -0.3 is 15.1 Å². The van der Waals surface area contributed by atoms with Crippen molar-refractivity contribution in [2.45, 2.75) is 13.0 Å². The summed E-state index contributed by atoms with van der Waals surface area (Å²) < 4.78 is 6.71. The lowest BCUT2D eigenvalue weighted by Gasteiger charge is -2.06. The number of benzene rings is 1. The molecule has 5 heteroatoms. The molecule has 0 bridgehead atoms. The molecule has 20 heavy (non-hydrogen) atoms. The lowest BCUT2D eigenvalue weighted by Crippen LogP contribution is -2.32. The van der Waals surface area contributed by atoms with E-state index < -0.39 is 0 Å². The second-order valence-corrected chi connectivity index (χ2v) is 6.60. The Labute approximate surface area is 125 Å². The van der Waals surface area contributed by atoms with Gasteiger partial charge in [-0.15, -0.1) is 0 Å². The van der Waals surface area contributed by atoms with Crippen LogP contribution in [0.25, 0.3) is 11.0 Å². The SMILES string of the molecule is Cc1c(C(=O)NC2[C@H]3CNC[C@@H]23)oc2ccc(Br)cc12. The average molecular weight is 335 g/mol. The van der Waals surface area contributed by atoms with Crippen LogP contribution in [0.4, 0.5) is 0 Å². The van der Waals surface area contributed by atoms with Crippen LogP contribution in [0.2, 0.25) is 0 Å². The Hall–Kier alpha value is -1.33. The van der Waals surface area contributed by atoms with E-state index in [1.165, 1.54) is 0 Å². The Bertz CT molecular complexity index is 699. The molecule has 1 aliphatic heterocycles. The van der Waals surface area contributed by atoms with Gasteiger partial charge in [0.15, 0.2) is 5.76 Å². The quantitative estimate of drug-likeness (QED) is 0.886. The molecule has 2 heterocycles. The van der Waals surface area contributed by atoms with Crippen LogP contribution in [0.15, 0.2) is 27.1 Å². The topological polar surface area (TPSA) is 54.3 Å². The number of carbonyl (C=O) groups excluding carboxylic acids is 1. The van der Waals surface area contributed by atoms with E-state index in [1.54, 1.807) is 0 Å². The second kappa shape index (κ2) is 4.33. The summed E-state index contributed by atoms with van der Waals surface area (Å²) in [7, 11) is 0. The molecule has 1 amide bonds. The number of aryl methyl sites for hydroxylation is 1. The fourth-order valence-corrected chi connectivity index (χ4v) is 3.62. The minimum Gasteiger partial charge on any atom is -0.451 e. The smallest absolute Gasteiger partial charge is 0.287 e. The number of furan rings is 1. The minimum atomic E-state index is -0.0887. The van der Waals surface area contributed by atoms with Crippen molar-refractivity contribution < 1.29 is 9.21 Å².